The summed E-state index contributed by atoms with van der Waals surface area (Å²) >= 11 is 1.67. The summed E-state index contributed by atoms with van der Waals surface area (Å²) in [4.78, 5) is 16.9. The minimum absolute atomic E-state index is 0.373. The molecule has 4 atom stereocenters. The van der Waals surface area contributed by atoms with Crippen LogP contribution in [-0.2, 0) is 11.2 Å². The maximum Gasteiger partial charge on any atom is 0.312 e. The van der Waals surface area contributed by atoms with Gasteiger partial charge in [0, 0.05) is 10.9 Å². The highest BCUT2D eigenvalue weighted by Gasteiger charge is 2.40. The molecule has 2 bridgehead atoms. The number of carboxylic acids is 1. The normalized spacial score (nSPS) is 35.6. The van der Waals surface area contributed by atoms with E-state index in [1.54, 1.807) is 11.3 Å². The van der Waals surface area contributed by atoms with Gasteiger partial charge in [0.2, 0.25) is 0 Å². The molecule has 2 saturated carbocycles. The number of nitrogens with one attached hydrogen (secondary N) is 1. The number of thiazole rings is 1. The number of anilines is 1. The first kappa shape index (κ1) is 11.7. The van der Waals surface area contributed by atoms with Crippen molar-refractivity contribution in [2.45, 2.75) is 50.5 Å². The molecule has 2 fully saturated rings. The second-order valence-corrected chi connectivity index (χ2v) is 7.27. The van der Waals surface area contributed by atoms with Crippen molar-refractivity contribution in [2.75, 3.05) is 5.32 Å². The molecule has 3 aliphatic carbocycles. The zero-order chi connectivity index (χ0) is 13.0. The topological polar surface area (TPSA) is 62.2 Å². The van der Waals surface area contributed by atoms with Gasteiger partial charge in [-0.25, -0.2) is 4.98 Å². The molecule has 1 aromatic heterocycles. The van der Waals surface area contributed by atoms with Gasteiger partial charge in [0.05, 0.1) is 5.69 Å². The number of hydrogen-bond acceptors (Lipinski definition) is 4. The number of rotatable bonds is 3. The third kappa shape index (κ3) is 1.86. The Labute approximate surface area is 116 Å². The first-order chi connectivity index (χ1) is 9.20. The average Bonchev–Trinajstić information content (AvgIpc) is 3.05. The first-order valence-corrected chi connectivity index (χ1v) is 8.01. The van der Waals surface area contributed by atoms with E-state index in [0.717, 1.165) is 35.5 Å². The van der Waals surface area contributed by atoms with E-state index in [2.05, 4.69) is 10.3 Å². The SMILES string of the molecule is O=C(O)C1CCc2sc(NC3CC4CCC3C4)nc21. The molecular weight excluding hydrogens is 260 g/mol. The fourth-order valence-electron chi connectivity index (χ4n) is 4.11. The fourth-order valence-corrected chi connectivity index (χ4v) is 5.21. The van der Waals surface area contributed by atoms with Gasteiger partial charge in [-0.05, 0) is 43.9 Å². The minimum Gasteiger partial charge on any atom is -0.481 e. The van der Waals surface area contributed by atoms with Crippen LogP contribution in [0.3, 0.4) is 0 Å². The summed E-state index contributed by atoms with van der Waals surface area (Å²) in [7, 11) is 0. The van der Waals surface area contributed by atoms with Crippen molar-refractivity contribution in [3.8, 4) is 0 Å². The second kappa shape index (κ2) is 4.20. The van der Waals surface area contributed by atoms with Crippen LogP contribution in [0.5, 0.6) is 0 Å². The number of hydrogen-bond donors (Lipinski definition) is 2. The maximum atomic E-state index is 11.2. The molecule has 4 nitrogen and oxygen atoms in total. The summed E-state index contributed by atoms with van der Waals surface area (Å²) in [5.74, 6) is 0.637. The second-order valence-electron chi connectivity index (χ2n) is 6.18. The van der Waals surface area contributed by atoms with E-state index in [4.69, 9.17) is 0 Å². The van der Waals surface area contributed by atoms with E-state index in [-0.39, 0.29) is 5.92 Å². The van der Waals surface area contributed by atoms with Gasteiger partial charge >= 0.3 is 5.97 Å². The lowest BCUT2D eigenvalue weighted by atomic mass is 9.96. The third-order valence-corrected chi connectivity index (χ3v) is 6.12. The summed E-state index contributed by atoms with van der Waals surface area (Å²) in [5, 5.41) is 13.7. The molecule has 4 rings (SSSR count). The third-order valence-electron chi connectivity index (χ3n) is 5.06. The molecule has 1 aromatic rings. The van der Waals surface area contributed by atoms with Crippen LogP contribution in [0.4, 0.5) is 5.13 Å². The molecule has 0 aromatic carbocycles. The summed E-state index contributed by atoms with van der Waals surface area (Å²) in [6, 6.07) is 0.577. The van der Waals surface area contributed by atoms with Crippen LogP contribution in [0.25, 0.3) is 0 Å². The quantitative estimate of drug-likeness (QED) is 0.892. The van der Waals surface area contributed by atoms with Crippen LogP contribution in [0.1, 0.15) is 48.6 Å². The van der Waals surface area contributed by atoms with Crippen molar-refractivity contribution in [1.82, 2.24) is 4.98 Å². The van der Waals surface area contributed by atoms with Gasteiger partial charge in [-0.15, -0.1) is 11.3 Å². The Morgan fingerprint density at radius 1 is 1.32 bits per heavy atom. The molecule has 1 heterocycles. The van der Waals surface area contributed by atoms with Crippen molar-refractivity contribution >= 4 is 22.4 Å². The van der Waals surface area contributed by atoms with Crippen molar-refractivity contribution < 1.29 is 9.90 Å². The standard InChI is InChI=1S/C14H18N2O2S/c17-13(18)9-3-4-11-12(9)16-14(19-11)15-10-6-7-1-2-8(10)5-7/h7-10H,1-6H2,(H,15,16)(H,17,18). The predicted octanol–water partition coefficient (Wildman–Crippen LogP) is 2.86. The molecule has 0 amide bonds. The van der Waals surface area contributed by atoms with Gasteiger partial charge in [-0.2, -0.15) is 0 Å². The average molecular weight is 278 g/mol. The highest BCUT2D eigenvalue weighted by atomic mass is 32.1. The van der Waals surface area contributed by atoms with E-state index in [9.17, 15) is 9.90 Å². The van der Waals surface area contributed by atoms with E-state index >= 15 is 0 Å². The van der Waals surface area contributed by atoms with Crippen molar-refractivity contribution in [2.24, 2.45) is 11.8 Å². The zero-order valence-corrected chi connectivity index (χ0v) is 11.6. The number of fused-ring (bicyclic) bond motifs is 3. The Morgan fingerprint density at radius 2 is 2.21 bits per heavy atom. The lowest BCUT2D eigenvalue weighted by Crippen LogP contribution is -2.25. The van der Waals surface area contributed by atoms with E-state index in [0.29, 0.717) is 6.04 Å². The predicted molar refractivity (Wildman–Crippen MR) is 73.7 cm³/mol. The van der Waals surface area contributed by atoms with Crippen LogP contribution < -0.4 is 5.32 Å². The number of aromatic nitrogens is 1. The number of carbonyl (C=O) groups is 1. The number of nitrogens with zero attached hydrogens (tertiary/aromatic N) is 1. The molecule has 2 N–H and O–H groups in total. The molecule has 4 unspecified atom stereocenters. The van der Waals surface area contributed by atoms with E-state index < -0.39 is 5.97 Å². The van der Waals surface area contributed by atoms with Crippen molar-refractivity contribution in [3.05, 3.63) is 10.6 Å². The molecular formula is C14H18N2O2S. The Hall–Kier alpha value is -1.10. The van der Waals surface area contributed by atoms with Gasteiger partial charge in [0.1, 0.15) is 5.92 Å². The van der Waals surface area contributed by atoms with E-state index in [1.165, 1.54) is 30.6 Å². The van der Waals surface area contributed by atoms with Gasteiger partial charge < -0.3 is 10.4 Å². The summed E-state index contributed by atoms with van der Waals surface area (Å²) < 4.78 is 0. The van der Waals surface area contributed by atoms with Gasteiger partial charge in [-0.3, -0.25) is 4.79 Å². The molecule has 0 aliphatic heterocycles. The fraction of sp³-hybridized carbons (Fsp3) is 0.714. The summed E-state index contributed by atoms with van der Waals surface area (Å²) in [6.45, 7) is 0. The molecule has 0 radical (unpaired) electrons. The Bertz CT molecular complexity index is 528. The summed E-state index contributed by atoms with van der Waals surface area (Å²) in [5.41, 5.74) is 0.822. The molecule has 19 heavy (non-hydrogen) atoms. The molecule has 0 saturated heterocycles. The lowest BCUT2D eigenvalue weighted by molar-refractivity contribution is -0.138. The van der Waals surface area contributed by atoms with Gasteiger partial charge in [0.15, 0.2) is 5.13 Å². The maximum absolute atomic E-state index is 11.2. The monoisotopic (exact) mass is 278 g/mol. The molecule has 3 aliphatic rings. The minimum atomic E-state index is -0.726. The van der Waals surface area contributed by atoms with Crippen molar-refractivity contribution in [1.29, 1.82) is 0 Å². The molecule has 0 spiro atoms. The molecule has 102 valence electrons. The highest BCUT2D eigenvalue weighted by molar-refractivity contribution is 7.15. The van der Waals surface area contributed by atoms with Gasteiger partial charge in [-0.1, -0.05) is 6.42 Å². The Morgan fingerprint density at radius 3 is 2.89 bits per heavy atom. The van der Waals surface area contributed by atoms with E-state index in [1.807, 2.05) is 0 Å². The smallest absolute Gasteiger partial charge is 0.312 e. The van der Waals surface area contributed by atoms with Crippen LogP contribution in [0, 0.1) is 11.8 Å². The van der Waals surface area contributed by atoms with Crippen LogP contribution in [0.15, 0.2) is 0 Å². The largest absolute Gasteiger partial charge is 0.481 e. The number of aryl methyl sites for hydroxylation is 1. The van der Waals surface area contributed by atoms with Crippen LogP contribution >= 0.6 is 11.3 Å². The lowest BCUT2D eigenvalue weighted by Gasteiger charge is -2.22. The number of carboxylic acid groups (broad SMARTS) is 1. The highest BCUT2D eigenvalue weighted by Crippen LogP contribution is 2.46. The van der Waals surface area contributed by atoms with Crippen molar-refractivity contribution in [3.63, 3.8) is 0 Å². The summed E-state index contributed by atoms with van der Waals surface area (Å²) in [6.07, 6.45) is 7.00. The Kier molecular flexibility index (Phi) is 2.59. The first-order valence-electron chi connectivity index (χ1n) is 7.19. The van der Waals surface area contributed by atoms with Gasteiger partial charge in [0.25, 0.3) is 0 Å². The Balaban J connectivity index is 1.51. The van der Waals surface area contributed by atoms with Crippen LogP contribution in [0.2, 0.25) is 0 Å². The zero-order valence-electron chi connectivity index (χ0n) is 10.8. The molecule has 5 heteroatoms. The number of aliphatic carboxylic acids is 1. The van der Waals surface area contributed by atoms with Crippen LogP contribution in [-0.4, -0.2) is 22.1 Å².